The summed E-state index contributed by atoms with van der Waals surface area (Å²) in [5, 5.41) is 19.9. The summed E-state index contributed by atoms with van der Waals surface area (Å²) < 4.78 is 58.0. The van der Waals surface area contributed by atoms with Gasteiger partial charge in [-0.2, -0.15) is 13.2 Å². The molecule has 7 nitrogen and oxygen atoms in total. The third kappa shape index (κ3) is 5.10. The standard InChI is InChI=1S/C23H22F4N4O3/c1-22(33)4-6-31(7-5-22)21(32)18-9-17(30-12-23(25,26)27)15(10-29-18)20(28)16-11-34-19-3-2-13(24)8-14(16)19/h2-3,8-11,28,33H,4-7,12H2,1H3,(H,29,30)/p+1. The summed E-state index contributed by atoms with van der Waals surface area (Å²) in [5.74, 6) is -1.02. The summed E-state index contributed by atoms with van der Waals surface area (Å²) in [6.07, 6.45) is -1.33. The van der Waals surface area contributed by atoms with Crippen molar-refractivity contribution >= 4 is 28.3 Å². The molecule has 1 amide bonds. The number of nitrogens with two attached hydrogens (primary N) is 1. The Morgan fingerprint density at radius 2 is 1.97 bits per heavy atom. The summed E-state index contributed by atoms with van der Waals surface area (Å²) in [5.41, 5.74) is -0.572. The molecule has 4 N–H and O–H groups in total. The van der Waals surface area contributed by atoms with Crippen molar-refractivity contribution in [3.63, 3.8) is 0 Å². The molecule has 180 valence electrons. The lowest BCUT2D eigenvalue weighted by Gasteiger charge is -2.35. The second kappa shape index (κ2) is 8.80. The van der Waals surface area contributed by atoms with Crippen LogP contribution in [-0.2, 0) is 0 Å². The number of piperidine rings is 1. The van der Waals surface area contributed by atoms with Crippen molar-refractivity contribution in [1.29, 1.82) is 5.41 Å². The van der Waals surface area contributed by atoms with Crippen LogP contribution >= 0.6 is 0 Å². The first-order valence-corrected chi connectivity index (χ1v) is 10.6. The molecule has 3 heterocycles. The number of benzene rings is 1. The molecule has 1 aromatic carbocycles. The van der Waals surface area contributed by atoms with E-state index < -0.39 is 30.0 Å². The normalized spacial score (nSPS) is 16.1. The Kier molecular flexibility index (Phi) is 6.17. The fourth-order valence-corrected chi connectivity index (χ4v) is 3.88. The second-order valence-corrected chi connectivity index (χ2v) is 8.63. The van der Waals surface area contributed by atoms with Crippen molar-refractivity contribution in [2.45, 2.75) is 31.5 Å². The number of amides is 1. The number of hydrogen-bond acceptors (Lipinski definition) is 5. The van der Waals surface area contributed by atoms with Crippen LogP contribution < -0.4 is 5.32 Å². The Balaban J connectivity index is 1.68. The second-order valence-electron chi connectivity index (χ2n) is 8.63. The molecule has 1 saturated heterocycles. The molecule has 0 spiro atoms. The van der Waals surface area contributed by atoms with E-state index in [9.17, 15) is 27.5 Å². The van der Waals surface area contributed by atoms with Gasteiger partial charge in [-0.3, -0.25) is 10.2 Å². The van der Waals surface area contributed by atoms with Crippen molar-refractivity contribution in [3.8, 4) is 0 Å². The highest BCUT2D eigenvalue weighted by Crippen LogP contribution is 2.27. The number of pyridine rings is 1. The number of aliphatic hydroxyl groups is 1. The molecule has 1 aliphatic heterocycles. The van der Waals surface area contributed by atoms with Gasteiger partial charge in [0, 0.05) is 36.3 Å². The smallest absolute Gasteiger partial charge is 0.438 e. The number of furan rings is 1. The van der Waals surface area contributed by atoms with Crippen LogP contribution in [0.1, 0.15) is 41.4 Å². The van der Waals surface area contributed by atoms with Gasteiger partial charge in [-0.1, -0.05) is 0 Å². The molecule has 0 unspecified atom stereocenters. The lowest BCUT2D eigenvalue weighted by Crippen LogP contribution is -2.81. The predicted octanol–water partition coefficient (Wildman–Crippen LogP) is 3.13. The maximum absolute atomic E-state index is 13.7. The SMILES string of the molecule is CC1(O)CCN(C(=O)c2cc([NH2+]CC(F)(F)F)c(C(=N)c3coc4ccc(F)cc34)cn2)CC1. The third-order valence-corrected chi connectivity index (χ3v) is 5.91. The van der Waals surface area contributed by atoms with E-state index in [0.29, 0.717) is 36.9 Å². The van der Waals surface area contributed by atoms with E-state index in [4.69, 9.17) is 9.83 Å². The minimum atomic E-state index is -4.49. The van der Waals surface area contributed by atoms with Gasteiger partial charge in [0.15, 0.2) is 6.54 Å². The fraction of sp³-hybridized carbons (Fsp3) is 0.348. The number of likely N-dealkylation sites (tertiary alicyclic amines) is 1. The monoisotopic (exact) mass is 479 g/mol. The highest BCUT2D eigenvalue weighted by molar-refractivity contribution is 6.19. The van der Waals surface area contributed by atoms with Crippen molar-refractivity contribution < 1.29 is 37.2 Å². The van der Waals surface area contributed by atoms with Gasteiger partial charge < -0.3 is 19.7 Å². The maximum Gasteiger partial charge on any atom is 0.438 e. The van der Waals surface area contributed by atoms with Gasteiger partial charge in [0.05, 0.1) is 16.9 Å². The van der Waals surface area contributed by atoms with Crippen molar-refractivity contribution in [2.24, 2.45) is 0 Å². The number of alkyl halides is 3. The summed E-state index contributed by atoms with van der Waals surface area (Å²) in [7, 11) is 0. The first kappa shape index (κ1) is 23.8. The Labute approximate surface area is 191 Å². The van der Waals surface area contributed by atoms with Gasteiger partial charge in [-0.05, 0) is 38.0 Å². The minimum Gasteiger partial charge on any atom is -0.464 e. The van der Waals surface area contributed by atoms with E-state index in [1.807, 2.05) is 0 Å². The Morgan fingerprint density at radius 1 is 1.26 bits per heavy atom. The number of aromatic nitrogens is 1. The van der Waals surface area contributed by atoms with Crippen LogP contribution in [0.3, 0.4) is 0 Å². The summed E-state index contributed by atoms with van der Waals surface area (Å²) in [6, 6.07) is 5.00. The Hall–Kier alpha value is -3.31. The van der Waals surface area contributed by atoms with Crippen LogP contribution in [0.25, 0.3) is 11.0 Å². The molecule has 34 heavy (non-hydrogen) atoms. The average Bonchev–Trinajstić information content (AvgIpc) is 3.19. The van der Waals surface area contributed by atoms with Gasteiger partial charge >= 0.3 is 6.18 Å². The number of rotatable bonds is 5. The van der Waals surface area contributed by atoms with Crippen LogP contribution in [0, 0.1) is 11.2 Å². The molecule has 0 bridgehead atoms. The Morgan fingerprint density at radius 3 is 2.65 bits per heavy atom. The molecule has 4 rings (SSSR count). The molecule has 0 radical (unpaired) electrons. The van der Waals surface area contributed by atoms with Crippen LogP contribution in [0.15, 0.2) is 41.1 Å². The van der Waals surface area contributed by atoms with E-state index in [0.717, 1.165) is 5.32 Å². The first-order valence-electron chi connectivity index (χ1n) is 10.6. The minimum absolute atomic E-state index is 0.00966. The van der Waals surface area contributed by atoms with Crippen molar-refractivity contribution in [3.05, 3.63) is 59.4 Å². The zero-order valence-electron chi connectivity index (χ0n) is 18.2. The molecule has 0 atom stereocenters. The molecule has 11 heteroatoms. The van der Waals surface area contributed by atoms with Gasteiger partial charge in [0.1, 0.15) is 29.0 Å². The van der Waals surface area contributed by atoms with E-state index in [2.05, 4.69) is 4.98 Å². The van der Waals surface area contributed by atoms with E-state index in [1.54, 1.807) is 6.92 Å². The molecule has 2 aromatic heterocycles. The molecule has 0 saturated carbocycles. The predicted molar refractivity (Wildman–Crippen MR) is 115 cm³/mol. The van der Waals surface area contributed by atoms with E-state index >= 15 is 0 Å². The largest absolute Gasteiger partial charge is 0.464 e. The van der Waals surface area contributed by atoms with Crippen molar-refractivity contribution in [1.82, 2.24) is 9.88 Å². The quantitative estimate of drug-likeness (QED) is 0.386. The van der Waals surface area contributed by atoms with Gasteiger partial charge in [0.2, 0.25) is 0 Å². The average molecular weight is 479 g/mol. The molecular weight excluding hydrogens is 456 g/mol. The van der Waals surface area contributed by atoms with Gasteiger partial charge in [-0.15, -0.1) is 0 Å². The number of nitrogens with one attached hydrogen (secondary N) is 1. The number of hydrogen-bond donors (Lipinski definition) is 3. The summed E-state index contributed by atoms with van der Waals surface area (Å²) >= 11 is 0. The molecule has 1 aliphatic rings. The molecule has 3 aromatic rings. The maximum atomic E-state index is 13.7. The number of fused-ring (bicyclic) bond motifs is 1. The third-order valence-electron chi connectivity index (χ3n) is 5.91. The van der Waals surface area contributed by atoms with E-state index in [1.165, 1.54) is 41.6 Å². The Bertz CT molecular complexity index is 1240. The first-order chi connectivity index (χ1) is 15.9. The highest BCUT2D eigenvalue weighted by Gasteiger charge is 2.33. The topological polar surface area (TPSA) is 107 Å². The molecule has 1 fully saturated rings. The molecular formula is C23H23F4N4O3+. The lowest BCUT2D eigenvalue weighted by atomic mass is 9.93. The van der Waals surface area contributed by atoms with Crippen molar-refractivity contribution in [2.75, 3.05) is 19.6 Å². The summed E-state index contributed by atoms with van der Waals surface area (Å²) in [4.78, 5) is 18.5. The van der Waals surface area contributed by atoms with Crippen LogP contribution in [0.5, 0.6) is 0 Å². The number of halogens is 4. The molecule has 0 aliphatic carbocycles. The number of nitrogens with zero attached hydrogens (tertiary/aromatic N) is 2. The zero-order valence-corrected chi connectivity index (χ0v) is 18.2. The van der Waals surface area contributed by atoms with Crippen LogP contribution in [0.2, 0.25) is 0 Å². The number of carbonyl (C=O) groups is 1. The van der Waals surface area contributed by atoms with Gasteiger partial charge in [0.25, 0.3) is 5.91 Å². The summed E-state index contributed by atoms with van der Waals surface area (Å²) in [6.45, 7) is 1.000. The fourth-order valence-electron chi connectivity index (χ4n) is 3.88. The van der Waals surface area contributed by atoms with Gasteiger partial charge in [-0.25, -0.2) is 9.37 Å². The lowest BCUT2D eigenvalue weighted by molar-refractivity contribution is -0.600. The number of quaternary nitrogens is 1. The van der Waals surface area contributed by atoms with Crippen LogP contribution in [-0.4, -0.2) is 58.0 Å². The van der Waals surface area contributed by atoms with E-state index in [-0.39, 0.29) is 28.2 Å². The van der Waals surface area contributed by atoms with Crippen LogP contribution in [0.4, 0.5) is 23.2 Å². The highest BCUT2D eigenvalue weighted by atomic mass is 19.4. The zero-order chi connectivity index (χ0) is 24.7. The number of carbonyl (C=O) groups excluding carboxylic acids is 1.